The fourth-order valence-corrected chi connectivity index (χ4v) is 5.41. The van der Waals surface area contributed by atoms with Gasteiger partial charge < -0.3 is 14.0 Å². The molecule has 0 aliphatic carbocycles. The number of rotatable bonds is 15. The van der Waals surface area contributed by atoms with E-state index in [-0.39, 0.29) is 33.8 Å². The van der Waals surface area contributed by atoms with Crippen LogP contribution in [0, 0.1) is 0 Å². The van der Waals surface area contributed by atoms with Gasteiger partial charge in [0.15, 0.2) is 11.6 Å². The number of carbonyl (C=O) groups excluding carboxylic acids is 2. The summed E-state index contributed by atoms with van der Waals surface area (Å²) in [5, 5.41) is 1.21. The molecular weight excluding hydrogens is 662 g/mol. The second-order valence-corrected chi connectivity index (χ2v) is 11.2. The number of hydrogen-bond donors (Lipinski definition) is 0. The van der Waals surface area contributed by atoms with Crippen LogP contribution in [0.1, 0.15) is 51.6 Å². The van der Waals surface area contributed by atoms with E-state index in [2.05, 4.69) is 0 Å². The van der Waals surface area contributed by atoms with Crippen molar-refractivity contribution in [2.75, 3.05) is 13.2 Å². The maximum atomic E-state index is 13.7. The number of benzene rings is 4. The minimum Gasteiger partial charge on any atom is -0.493 e. The topological polar surface area (TPSA) is 57.5 Å². The highest BCUT2D eigenvalue weighted by molar-refractivity contribution is 6.18. The fourth-order valence-electron chi connectivity index (χ4n) is 5.41. The number of ketones is 2. The molecule has 4 aromatic carbocycles. The molecule has 1 aromatic heterocycles. The number of hydrogen-bond acceptors (Lipinski definition) is 4. The van der Waals surface area contributed by atoms with Crippen LogP contribution in [-0.2, 0) is 6.54 Å². The number of para-hydroxylation sites is 2. The van der Waals surface area contributed by atoms with E-state index in [9.17, 15) is 44.7 Å². The van der Waals surface area contributed by atoms with Crippen LogP contribution in [0.3, 0.4) is 0 Å². The molecular formula is C36H29F8NO4. The molecule has 0 saturated heterocycles. The number of aryl methyl sites for hydroxylation is 1. The van der Waals surface area contributed by atoms with Gasteiger partial charge in [-0.3, -0.25) is 9.59 Å². The van der Waals surface area contributed by atoms with E-state index in [1.54, 1.807) is 48.5 Å². The highest BCUT2D eigenvalue weighted by Gasteiger charge is 2.41. The molecule has 0 radical (unpaired) electrons. The first-order valence-corrected chi connectivity index (χ1v) is 15.2. The highest BCUT2D eigenvalue weighted by Crippen LogP contribution is 2.34. The van der Waals surface area contributed by atoms with Crippen LogP contribution in [0.2, 0.25) is 0 Å². The van der Waals surface area contributed by atoms with Gasteiger partial charge in [0.05, 0.1) is 37.2 Å². The van der Waals surface area contributed by atoms with Crippen LogP contribution < -0.4 is 9.47 Å². The van der Waals surface area contributed by atoms with Crippen molar-refractivity contribution in [3.05, 3.63) is 107 Å². The van der Waals surface area contributed by atoms with Gasteiger partial charge in [-0.15, -0.1) is 0 Å². The lowest BCUT2D eigenvalue weighted by Gasteiger charge is -2.16. The second-order valence-electron chi connectivity index (χ2n) is 11.2. The number of aromatic nitrogens is 1. The van der Waals surface area contributed by atoms with Gasteiger partial charge in [-0.2, -0.15) is 0 Å². The molecule has 0 spiro atoms. The van der Waals surface area contributed by atoms with Gasteiger partial charge in [0.25, 0.3) is 0 Å². The third-order valence-corrected chi connectivity index (χ3v) is 7.99. The molecule has 0 fully saturated rings. The average molecular weight is 692 g/mol. The minimum atomic E-state index is -4.25. The van der Waals surface area contributed by atoms with Crippen molar-refractivity contribution in [1.82, 2.24) is 4.57 Å². The standard InChI is InChI=1S/C36H29F8NO4/c1-2-45-27-13-11-21(31(46)23-7-3-5-9-29(23)48-17-15-35(41,42)33(37)38)19-25(27)26-20-22(12-14-28(26)45)32(47)24-8-4-6-10-30(24)49-18-16-36(43,44)34(39)40/h3-14,19-20,33-34H,2,15-18H2,1H3. The number of ether oxygens (including phenoxy) is 2. The second kappa shape index (κ2) is 14.3. The summed E-state index contributed by atoms with van der Waals surface area (Å²) in [5.74, 6) is -9.65. The largest absolute Gasteiger partial charge is 0.493 e. The lowest BCUT2D eigenvalue weighted by atomic mass is 9.98. The Hall–Kier alpha value is -4.94. The van der Waals surface area contributed by atoms with E-state index in [4.69, 9.17) is 9.47 Å². The van der Waals surface area contributed by atoms with Gasteiger partial charge in [0, 0.05) is 39.5 Å². The molecule has 1 heterocycles. The number of carbonyl (C=O) groups is 2. The summed E-state index contributed by atoms with van der Waals surface area (Å²) in [6.45, 7) is 0.934. The number of fused-ring (bicyclic) bond motifs is 3. The van der Waals surface area contributed by atoms with Crippen molar-refractivity contribution < 1.29 is 54.2 Å². The molecule has 5 rings (SSSR count). The Labute approximate surface area is 275 Å². The van der Waals surface area contributed by atoms with Gasteiger partial charge in [-0.25, -0.2) is 35.1 Å². The molecule has 13 heteroatoms. The monoisotopic (exact) mass is 691 g/mol. The first-order valence-electron chi connectivity index (χ1n) is 15.2. The SMILES string of the molecule is CCn1c2ccc(C(=O)c3ccccc3OCCC(F)(F)C(F)F)cc2c2cc(C(=O)c3ccccc3OCCC(F)(F)C(F)F)ccc21. The fraction of sp³-hybridized carbons (Fsp3) is 0.278. The highest BCUT2D eigenvalue weighted by atomic mass is 19.3. The van der Waals surface area contributed by atoms with E-state index < -0.39 is 62.3 Å². The zero-order chi connectivity index (χ0) is 35.5. The Balaban J connectivity index is 1.46. The average Bonchev–Trinajstić information content (AvgIpc) is 3.40. The van der Waals surface area contributed by atoms with Crippen molar-refractivity contribution in [2.45, 2.75) is 51.0 Å². The Morgan fingerprint density at radius 1 is 0.633 bits per heavy atom. The number of alkyl halides is 8. The zero-order valence-corrected chi connectivity index (χ0v) is 25.9. The third kappa shape index (κ3) is 7.40. The summed E-state index contributed by atoms with van der Waals surface area (Å²) >= 11 is 0. The maximum Gasteiger partial charge on any atom is 0.310 e. The van der Waals surface area contributed by atoms with Gasteiger partial charge >= 0.3 is 24.7 Å². The van der Waals surface area contributed by atoms with E-state index in [1.165, 1.54) is 36.4 Å². The zero-order valence-electron chi connectivity index (χ0n) is 25.9. The lowest BCUT2D eigenvalue weighted by molar-refractivity contribution is -0.137. The normalized spacial score (nSPS) is 12.3. The molecule has 5 nitrogen and oxygen atoms in total. The Morgan fingerprint density at radius 3 is 1.39 bits per heavy atom. The molecule has 0 aliphatic heterocycles. The van der Waals surface area contributed by atoms with Crippen LogP contribution in [0.15, 0.2) is 84.9 Å². The summed E-state index contributed by atoms with van der Waals surface area (Å²) in [4.78, 5) is 27.3. The maximum absolute atomic E-state index is 13.7. The molecule has 258 valence electrons. The predicted octanol–water partition coefficient (Wildman–Crippen LogP) is 9.61. The molecule has 0 aliphatic rings. The molecule has 0 bridgehead atoms. The minimum absolute atomic E-state index is 0.0280. The Bertz CT molecular complexity index is 1850. The summed E-state index contributed by atoms with van der Waals surface area (Å²) in [7, 11) is 0. The lowest BCUT2D eigenvalue weighted by Crippen LogP contribution is -2.28. The van der Waals surface area contributed by atoms with E-state index >= 15 is 0 Å². The van der Waals surface area contributed by atoms with Crippen molar-refractivity contribution in [1.29, 1.82) is 0 Å². The number of nitrogens with zero attached hydrogens (tertiary/aromatic N) is 1. The molecule has 49 heavy (non-hydrogen) atoms. The molecule has 0 amide bonds. The van der Waals surface area contributed by atoms with E-state index in [0.29, 0.717) is 17.3 Å². The molecule has 5 aromatic rings. The van der Waals surface area contributed by atoms with Crippen molar-refractivity contribution >= 4 is 33.4 Å². The van der Waals surface area contributed by atoms with Crippen molar-refractivity contribution in [2.24, 2.45) is 0 Å². The van der Waals surface area contributed by atoms with Crippen molar-refractivity contribution in [3.63, 3.8) is 0 Å². The van der Waals surface area contributed by atoms with Crippen LogP contribution in [-0.4, -0.2) is 54.0 Å². The third-order valence-electron chi connectivity index (χ3n) is 7.99. The van der Waals surface area contributed by atoms with Crippen LogP contribution in [0.5, 0.6) is 11.5 Å². The predicted molar refractivity (Wildman–Crippen MR) is 167 cm³/mol. The summed E-state index contributed by atoms with van der Waals surface area (Å²) < 4.78 is 117. The Kier molecular flexibility index (Phi) is 10.3. The first-order chi connectivity index (χ1) is 23.2. The van der Waals surface area contributed by atoms with E-state index in [0.717, 1.165) is 11.0 Å². The van der Waals surface area contributed by atoms with Crippen LogP contribution in [0.25, 0.3) is 21.8 Å². The van der Waals surface area contributed by atoms with Gasteiger partial charge in [-0.1, -0.05) is 24.3 Å². The summed E-state index contributed by atoms with van der Waals surface area (Å²) in [6.07, 6.45) is -10.2. The Morgan fingerprint density at radius 2 is 1.02 bits per heavy atom. The summed E-state index contributed by atoms with van der Waals surface area (Å²) in [5.41, 5.74) is 1.93. The number of halogens is 8. The summed E-state index contributed by atoms with van der Waals surface area (Å²) in [6, 6.07) is 21.5. The molecule has 0 saturated carbocycles. The molecule has 0 unspecified atom stereocenters. The van der Waals surface area contributed by atoms with Gasteiger partial charge in [0.1, 0.15) is 11.5 Å². The van der Waals surface area contributed by atoms with Crippen LogP contribution >= 0.6 is 0 Å². The van der Waals surface area contributed by atoms with Gasteiger partial charge in [-0.05, 0) is 67.6 Å². The molecule has 0 N–H and O–H groups in total. The van der Waals surface area contributed by atoms with Crippen LogP contribution in [0.4, 0.5) is 35.1 Å². The van der Waals surface area contributed by atoms with Gasteiger partial charge in [0.2, 0.25) is 0 Å². The van der Waals surface area contributed by atoms with E-state index in [1.807, 2.05) is 11.5 Å². The first kappa shape index (κ1) is 35.4. The quantitative estimate of drug-likeness (QED) is 0.0811. The van der Waals surface area contributed by atoms with Crippen molar-refractivity contribution in [3.8, 4) is 11.5 Å². The smallest absolute Gasteiger partial charge is 0.310 e. The molecule has 0 atom stereocenters.